The number of ether oxygens (including phenoxy) is 1. The Hall–Kier alpha value is -2.84. The Bertz CT molecular complexity index is 970. The normalized spacial score (nSPS) is 10.4. The molecule has 0 aliphatic rings. The van der Waals surface area contributed by atoms with E-state index in [0.29, 0.717) is 23.5 Å². The van der Waals surface area contributed by atoms with Crippen molar-refractivity contribution in [3.63, 3.8) is 0 Å². The maximum absolute atomic E-state index is 12.4. The number of aryl methyl sites for hydroxylation is 1. The molecule has 3 aromatic rings. The number of thioether (sulfide) groups is 1. The Morgan fingerprint density at radius 2 is 1.69 bits per heavy atom. The van der Waals surface area contributed by atoms with E-state index in [4.69, 9.17) is 4.74 Å². The van der Waals surface area contributed by atoms with Crippen LogP contribution in [0, 0.1) is 6.92 Å². The highest BCUT2D eigenvalue weighted by Gasteiger charge is 2.09. The van der Waals surface area contributed by atoms with E-state index in [0.717, 1.165) is 15.8 Å². The average Bonchev–Trinajstić information content (AvgIpc) is 3.14. The first-order valence-electron chi connectivity index (χ1n) is 9.02. The van der Waals surface area contributed by atoms with Crippen LogP contribution in [0.1, 0.15) is 23.0 Å². The molecular weight excluding hydrogens is 406 g/mol. The van der Waals surface area contributed by atoms with Crippen molar-refractivity contribution in [1.82, 2.24) is 4.98 Å². The van der Waals surface area contributed by atoms with Crippen molar-refractivity contribution in [2.45, 2.75) is 18.2 Å². The highest BCUT2D eigenvalue weighted by Crippen LogP contribution is 2.22. The molecule has 1 heterocycles. The summed E-state index contributed by atoms with van der Waals surface area (Å²) in [7, 11) is 0. The molecule has 0 fully saturated rings. The van der Waals surface area contributed by atoms with E-state index in [1.165, 1.54) is 23.1 Å². The van der Waals surface area contributed by atoms with E-state index >= 15 is 0 Å². The number of hydrogen-bond acceptors (Lipinski definition) is 6. The first-order chi connectivity index (χ1) is 14.0. The second kappa shape index (κ2) is 10.1. The van der Waals surface area contributed by atoms with Crippen LogP contribution in [0.25, 0.3) is 0 Å². The fourth-order valence-corrected chi connectivity index (χ4v) is 4.08. The summed E-state index contributed by atoms with van der Waals surface area (Å²) in [6, 6.07) is 14.0. The van der Waals surface area contributed by atoms with E-state index < -0.39 is 0 Å². The number of carbonyl (C=O) groups excluding carboxylic acids is 2. The lowest BCUT2D eigenvalue weighted by molar-refractivity contribution is -0.113. The standard InChI is InChI=1S/C21H21N3O3S2/c1-3-27-18-10-8-17(9-11-18)24-20(26)15-4-6-16(7-5-15)23-19(25)13-29-21-22-14(2)12-28-21/h4-12H,3,13H2,1-2H3,(H,23,25)(H,24,26). The molecule has 3 rings (SSSR count). The van der Waals surface area contributed by atoms with Crippen LogP contribution in [-0.2, 0) is 4.79 Å². The first-order valence-corrected chi connectivity index (χ1v) is 10.9. The minimum Gasteiger partial charge on any atom is -0.494 e. The molecule has 8 heteroatoms. The Labute approximate surface area is 177 Å². The monoisotopic (exact) mass is 427 g/mol. The Morgan fingerprint density at radius 3 is 2.31 bits per heavy atom. The summed E-state index contributed by atoms with van der Waals surface area (Å²) >= 11 is 2.93. The van der Waals surface area contributed by atoms with Gasteiger partial charge >= 0.3 is 0 Å². The molecule has 0 radical (unpaired) electrons. The zero-order chi connectivity index (χ0) is 20.6. The summed E-state index contributed by atoms with van der Waals surface area (Å²) in [5.41, 5.74) is 2.79. The molecule has 2 amide bonds. The lowest BCUT2D eigenvalue weighted by Crippen LogP contribution is -2.15. The van der Waals surface area contributed by atoms with Gasteiger partial charge in [-0.1, -0.05) is 11.8 Å². The van der Waals surface area contributed by atoms with Crippen molar-refractivity contribution in [1.29, 1.82) is 0 Å². The Balaban J connectivity index is 1.50. The van der Waals surface area contributed by atoms with Gasteiger partial charge in [-0.25, -0.2) is 4.98 Å². The zero-order valence-corrected chi connectivity index (χ0v) is 17.7. The van der Waals surface area contributed by atoms with Crippen molar-refractivity contribution in [2.75, 3.05) is 23.0 Å². The molecule has 29 heavy (non-hydrogen) atoms. The molecule has 0 bridgehead atoms. The summed E-state index contributed by atoms with van der Waals surface area (Å²) in [4.78, 5) is 28.8. The molecule has 150 valence electrons. The maximum Gasteiger partial charge on any atom is 0.255 e. The quantitative estimate of drug-likeness (QED) is 0.503. The summed E-state index contributed by atoms with van der Waals surface area (Å²) < 4.78 is 6.26. The highest BCUT2D eigenvalue weighted by molar-refractivity contribution is 8.01. The third-order valence-corrected chi connectivity index (χ3v) is 5.92. The van der Waals surface area contributed by atoms with Crippen molar-refractivity contribution < 1.29 is 14.3 Å². The van der Waals surface area contributed by atoms with Crippen molar-refractivity contribution in [2.24, 2.45) is 0 Å². The fraction of sp³-hybridized carbons (Fsp3) is 0.190. The van der Waals surface area contributed by atoms with Crippen molar-refractivity contribution >= 4 is 46.3 Å². The van der Waals surface area contributed by atoms with Gasteiger partial charge in [0.25, 0.3) is 5.91 Å². The molecule has 0 aliphatic heterocycles. The van der Waals surface area contributed by atoms with Crippen molar-refractivity contribution in [3.8, 4) is 5.75 Å². The molecule has 0 atom stereocenters. The molecule has 0 saturated heterocycles. The smallest absolute Gasteiger partial charge is 0.255 e. The SMILES string of the molecule is CCOc1ccc(NC(=O)c2ccc(NC(=O)CSc3nc(C)cs3)cc2)cc1. The number of aromatic nitrogens is 1. The number of nitrogens with zero attached hydrogens (tertiary/aromatic N) is 1. The molecule has 0 saturated carbocycles. The van der Waals surface area contributed by atoms with E-state index in [1.54, 1.807) is 36.4 Å². The van der Waals surface area contributed by atoms with Crippen LogP contribution in [-0.4, -0.2) is 29.2 Å². The number of nitrogens with one attached hydrogen (secondary N) is 2. The highest BCUT2D eigenvalue weighted by atomic mass is 32.2. The summed E-state index contributed by atoms with van der Waals surface area (Å²) in [5.74, 6) is 0.706. The van der Waals surface area contributed by atoms with E-state index in [9.17, 15) is 9.59 Å². The van der Waals surface area contributed by atoms with Crippen molar-refractivity contribution in [3.05, 3.63) is 65.2 Å². The Kier molecular flexibility index (Phi) is 7.26. The number of carbonyl (C=O) groups is 2. The predicted molar refractivity (Wildman–Crippen MR) is 118 cm³/mol. The van der Waals surface area contributed by atoms with Gasteiger partial charge in [-0.15, -0.1) is 11.3 Å². The second-order valence-electron chi connectivity index (χ2n) is 6.08. The molecule has 6 nitrogen and oxygen atoms in total. The van der Waals surface area contributed by atoms with Crippen LogP contribution in [0.5, 0.6) is 5.75 Å². The van der Waals surface area contributed by atoms with Gasteiger partial charge in [0.05, 0.1) is 12.4 Å². The molecule has 2 aromatic carbocycles. The van der Waals surface area contributed by atoms with Crippen LogP contribution in [0.2, 0.25) is 0 Å². The predicted octanol–water partition coefficient (Wildman–Crippen LogP) is 4.83. The summed E-state index contributed by atoms with van der Waals surface area (Å²) in [6.45, 7) is 4.44. The molecule has 1 aromatic heterocycles. The van der Waals surface area contributed by atoms with Gasteiger partial charge in [-0.3, -0.25) is 9.59 Å². The fourth-order valence-electron chi connectivity index (χ4n) is 2.43. The lowest BCUT2D eigenvalue weighted by Gasteiger charge is -2.08. The van der Waals surface area contributed by atoms with Crippen LogP contribution in [0.3, 0.4) is 0 Å². The molecule has 0 aliphatic carbocycles. The van der Waals surface area contributed by atoms with Gasteiger partial charge in [0.15, 0.2) is 4.34 Å². The third-order valence-electron chi connectivity index (χ3n) is 3.78. The molecule has 2 N–H and O–H groups in total. The van der Waals surface area contributed by atoms with Gasteiger partial charge in [-0.05, 0) is 62.4 Å². The first kappa shape index (κ1) is 20.9. The van der Waals surface area contributed by atoms with Crippen LogP contribution in [0.15, 0.2) is 58.3 Å². The van der Waals surface area contributed by atoms with Gasteiger partial charge in [0.1, 0.15) is 5.75 Å². The minimum absolute atomic E-state index is 0.116. The average molecular weight is 428 g/mol. The molecule has 0 spiro atoms. The third kappa shape index (κ3) is 6.33. The lowest BCUT2D eigenvalue weighted by atomic mass is 10.2. The van der Waals surface area contributed by atoms with Gasteiger partial charge in [0, 0.05) is 28.0 Å². The number of thiazole rings is 1. The van der Waals surface area contributed by atoms with Crippen LogP contribution >= 0.6 is 23.1 Å². The number of rotatable bonds is 8. The number of anilines is 2. The molecular formula is C21H21N3O3S2. The zero-order valence-electron chi connectivity index (χ0n) is 16.1. The van der Waals surface area contributed by atoms with Crippen LogP contribution in [0.4, 0.5) is 11.4 Å². The van der Waals surface area contributed by atoms with Gasteiger partial charge in [0.2, 0.25) is 5.91 Å². The summed E-state index contributed by atoms with van der Waals surface area (Å²) in [6.07, 6.45) is 0. The number of benzene rings is 2. The topological polar surface area (TPSA) is 80.3 Å². The van der Waals surface area contributed by atoms with Crippen LogP contribution < -0.4 is 15.4 Å². The Morgan fingerprint density at radius 1 is 1.03 bits per heavy atom. The number of amides is 2. The molecule has 0 unspecified atom stereocenters. The summed E-state index contributed by atoms with van der Waals surface area (Å²) in [5, 5.41) is 7.62. The van der Waals surface area contributed by atoms with Gasteiger partial charge < -0.3 is 15.4 Å². The maximum atomic E-state index is 12.4. The largest absolute Gasteiger partial charge is 0.494 e. The minimum atomic E-state index is -0.221. The number of hydrogen-bond donors (Lipinski definition) is 2. The van der Waals surface area contributed by atoms with E-state index in [2.05, 4.69) is 15.6 Å². The second-order valence-corrected chi connectivity index (χ2v) is 8.16. The van der Waals surface area contributed by atoms with E-state index in [-0.39, 0.29) is 17.6 Å². The van der Waals surface area contributed by atoms with E-state index in [1.807, 2.05) is 31.4 Å². The van der Waals surface area contributed by atoms with Gasteiger partial charge in [-0.2, -0.15) is 0 Å².